The standard InChI is InChI=1S/C22H25N3O4S/c1-16-4-5-18(21-14-17(2)23-29-21)15-22(16)30(26,27)25-12-10-24(11-13-25)19-6-8-20(28-3)9-7-19/h4-9,14-15H,10-13H2,1-3H3. The van der Waals surface area contributed by atoms with Gasteiger partial charge in [-0.2, -0.15) is 4.31 Å². The van der Waals surface area contributed by atoms with Crippen LogP contribution in [0.15, 0.2) is 57.9 Å². The number of sulfonamides is 1. The van der Waals surface area contributed by atoms with Crippen molar-refractivity contribution >= 4 is 15.7 Å². The molecule has 0 atom stereocenters. The van der Waals surface area contributed by atoms with Crippen LogP contribution in [0.3, 0.4) is 0 Å². The van der Waals surface area contributed by atoms with Gasteiger partial charge in [-0.05, 0) is 49.7 Å². The first-order valence-electron chi connectivity index (χ1n) is 9.82. The third-order valence-electron chi connectivity index (χ3n) is 5.39. The zero-order chi connectivity index (χ0) is 21.3. The van der Waals surface area contributed by atoms with Crippen molar-refractivity contribution in [2.45, 2.75) is 18.7 Å². The van der Waals surface area contributed by atoms with Gasteiger partial charge in [0.15, 0.2) is 5.76 Å². The van der Waals surface area contributed by atoms with Gasteiger partial charge < -0.3 is 14.2 Å². The number of ether oxygens (including phenoxy) is 1. The zero-order valence-corrected chi connectivity index (χ0v) is 18.1. The average Bonchev–Trinajstić information content (AvgIpc) is 3.20. The molecule has 0 aliphatic carbocycles. The van der Waals surface area contributed by atoms with Crippen LogP contribution >= 0.6 is 0 Å². The highest BCUT2D eigenvalue weighted by atomic mass is 32.2. The number of aromatic nitrogens is 1. The Morgan fingerprint density at radius 1 is 0.967 bits per heavy atom. The van der Waals surface area contributed by atoms with Crippen LogP contribution in [0.1, 0.15) is 11.3 Å². The fourth-order valence-corrected chi connectivity index (χ4v) is 5.32. The van der Waals surface area contributed by atoms with Gasteiger partial charge in [0.05, 0.1) is 17.7 Å². The summed E-state index contributed by atoms with van der Waals surface area (Å²) < 4.78 is 38.8. The van der Waals surface area contributed by atoms with Gasteiger partial charge in [-0.15, -0.1) is 0 Å². The smallest absolute Gasteiger partial charge is 0.243 e. The molecule has 0 unspecified atom stereocenters. The lowest BCUT2D eigenvalue weighted by Gasteiger charge is -2.35. The Balaban J connectivity index is 1.53. The summed E-state index contributed by atoms with van der Waals surface area (Å²) >= 11 is 0. The Morgan fingerprint density at radius 2 is 1.67 bits per heavy atom. The summed E-state index contributed by atoms with van der Waals surface area (Å²) in [6.07, 6.45) is 0. The molecule has 2 aromatic carbocycles. The molecule has 0 amide bonds. The van der Waals surface area contributed by atoms with Crippen LogP contribution in [-0.2, 0) is 10.0 Å². The van der Waals surface area contributed by atoms with Crippen LogP contribution in [0.4, 0.5) is 5.69 Å². The van der Waals surface area contributed by atoms with Crippen LogP contribution in [0, 0.1) is 13.8 Å². The molecular weight excluding hydrogens is 402 g/mol. The van der Waals surface area contributed by atoms with E-state index in [9.17, 15) is 8.42 Å². The summed E-state index contributed by atoms with van der Waals surface area (Å²) in [4.78, 5) is 2.50. The highest BCUT2D eigenvalue weighted by molar-refractivity contribution is 7.89. The molecule has 0 radical (unpaired) electrons. The van der Waals surface area contributed by atoms with Crippen molar-refractivity contribution < 1.29 is 17.7 Å². The van der Waals surface area contributed by atoms with E-state index in [0.717, 1.165) is 17.1 Å². The fraction of sp³-hybridized carbons (Fsp3) is 0.318. The number of piperazine rings is 1. The van der Waals surface area contributed by atoms with Gasteiger partial charge in [0, 0.05) is 43.5 Å². The van der Waals surface area contributed by atoms with Gasteiger partial charge in [0.2, 0.25) is 10.0 Å². The first kappa shape index (κ1) is 20.4. The van der Waals surface area contributed by atoms with Crippen LogP contribution in [0.25, 0.3) is 11.3 Å². The molecule has 4 rings (SSSR count). The Hall–Kier alpha value is -2.84. The zero-order valence-electron chi connectivity index (χ0n) is 17.3. The minimum Gasteiger partial charge on any atom is -0.497 e. The fourth-order valence-electron chi connectivity index (χ4n) is 3.65. The van der Waals surface area contributed by atoms with Gasteiger partial charge in [-0.3, -0.25) is 0 Å². The molecule has 1 aromatic heterocycles. The maximum absolute atomic E-state index is 13.4. The summed E-state index contributed by atoms with van der Waals surface area (Å²) in [5.41, 5.74) is 3.24. The Kier molecular flexibility index (Phi) is 5.53. The molecule has 1 fully saturated rings. The monoisotopic (exact) mass is 427 g/mol. The summed E-state index contributed by atoms with van der Waals surface area (Å²) in [5.74, 6) is 1.37. The number of anilines is 1. The molecule has 1 aliphatic heterocycles. The molecule has 1 saturated heterocycles. The van der Waals surface area contributed by atoms with Crippen LogP contribution in [0.2, 0.25) is 0 Å². The maximum Gasteiger partial charge on any atom is 0.243 e. The van der Waals surface area contributed by atoms with Gasteiger partial charge >= 0.3 is 0 Å². The molecule has 2 heterocycles. The molecule has 30 heavy (non-hydrogen) atoms. The number of nitrogens with zero attached hydrogens (tertiary/aromatic N) is 3. The predicted molar refractivity (Wildman–Crippen MR) is 115 cm³/mol. The summed E-state index contributed by atoms with van der Waals surface area (Å²) in [6, 6.07) is 15.0. The third kappa shape index (κ3) is 3.93. The van der Waals surface area contributed by atoms with Crippen molar-refractivity contribution in [3.63, 3.8) is 0 Å². The minimum absolute atomic E-state index is 0.312. The first-order valence-corrected chi connectivity index (χ1v) is 11.3. The number of methoxy groups -OCH3 is 1. The molecule has 0 spiro atoms. The molecular formula is C22H25N3O4S. The second-order valence-corrected chi connectivity index (χ2v) is 9.31. The van der Waals surface area contributed by atoms with Gasteiger partial charge in [0.1, 0.15) is 5.75 Å². The van der Waals surface area contributed by atoms with E-state index in [1.54, 1.807) is 23.5 Å². The van der Waals surface area contributed by atoms with E-state index >= 15 is 0 Å². The Bertz CT molecular complexity index is 1130. The second-order valence-electron chi connectivity index (χ2n) is 7.40. The molecule has 3 aromatic rings. The van der Waals surface area contributed by atoms with Gasteiger partial charge in [-0.1, -0.05) is 17.3 Å². The van der Waals surface area contributed by atoms with Crippen molar-refractivity contribution in [1.82, 2.24) is 9.46 Å². The maximum atomic E-state index is 13.4. The normalized spacial score (nSPS) is 15.4. The Morgan fingerprint density at radius 3 is 2.27 bits per heavy atom. The van der Waals surface area contributed by atoms with Gasteiger partial charge in [0.25, 0.3) is 0 Å². The van der Waals surface area contributed by atoms with Crippen LogP contribution in [-0.4, -0.2) is 51.2 Å². The molecule has 158 valence electrons. The van der Waals surface area contributed by atoms with E-state index < -0.39 is 10.0 Å². The lowest BCUT2D eigenvalue weighted by atomic mass is 10.1. The molecule has 7 nitrogen and oxygen atoms in total. The number of hydrogen-bond acceptors (Lipinski definition) is 6. The molecule has 0 saturated carbocycles. The second kappa shape index (κ2) is 8.12. The van der Waals surface area contributed by atoms with Crippen molar-refractivity contribution in [1.29, 1.82) is 0 Å². The van der Waals surface area contributed by atoms with E-state index in [0.29, 0.717) is 48.0 Å². The predicted octanol–water partition coefficient (Wildman–Crippen LogP) is 3.48. The average molecular weight is 428 g/mol. The van der Waals surface area contributed by atoms with Crippen molar-refractivity contribution in [3.8, 4) is 17.1 Å². The first-order chi connectivity index (χ1) is 14.4. The largest absolute Gasteiger partial charge is 0.497 e. The highest BCUT2D eigenvalue weighted by Crippen LogP contribution is 2.29. The Labute approximate surface area is 176 Å². The van der Waals surface area contributed by atoms with E-state index in [1.807, 2.05) is 50.2 Å². The summed E-state index contributed by atoms with van der Waals surface area (Å²) in [5, 5.41) is 3.90. The number of benzene rings is 2. The van der Waals surface area contributed by atoms with Crippen molar-refractivity contribution in [2.75, 3.05) is 38.2 Å². The third-order valence-corrected chi connectivity index (χ3v) is 7.44. The number of rotatable bonds is 5. The van der Waals surface area contributed by atoms with E-state index in [4.69, 9.17) is 9.26 Å². The molecule has 0 bridgehead atoms. The number of hydrogen-bond donors (Lipinski definition) is 0. The molecule has 1 aliphatic rings. The van der Waals surface area contributed by atoms with Crippen LogP contribution < -0.4 is 9.64 Å². The van der Waals surface area contributed by atoms with E-state index in [2.05, 4.69) is 10.1 Å². The minimum atomic E-state index is -3.61. The molecule has 8 heteroatoms. The lowest BCUT2D eigenvalue weighted by molar-refractivity contribution is 0.384. The highest BCUT2D eigenvalue weighted by Gasteiger charge is 2.30. The van der Waals surface area contributed by atoms with Crippen molar-refractivity contribution in [3.05, 3.63) is 59.8 Å². The van der Waals surface area contributed by atoms with E-state index in [-0.39, 0.29) is 0 Å². The number of aryl methyl sites for hydroxylation is 2. The van der Waals surface area contributed by atoms with E-state index in [1.165, 1.54) is 0 Å². The summed E-state index contributed by atoms with van der Waals surface area (Å²) in [6.45, 7) is 5.77. The molecule has 0 N–H and O–H groups in total. The van der Waals surface area contributed by atoms with Gasteiger partial charge in [-0.25, -0.2) is 8.42 Å². The SMILES string of the molecule is COc1ccc(N2CCN(S(=O)(=O)c3cc(-c4cc(C)no4)ccc3C)CC2)cc1. The van der Waals surface area contributed by atoms with Crippen molar-refractivity contribution in [2.24, 2.45) is 0 Å². The summed E-state index contributed by atoms with van der Waals surface area (Å²) in [7, 11) is -1.97. The topological polar surface area (TPSA) is 75.9 Å². The quantitative estimate of drug-likeness (QED) is 0.621. The van der Waals surface area contributed by atoms with Crippen LogP contribution in [0.5, 0.6) is 5.75 Å². The lowest BCUT2D eigenvalue weighted by Crippen LogP contribution is -2.48.